The minimum atomic E-state index is -0.291. The fourth-order valence-corrected chi connectivity index (χ4v) is 3.94. The van der Waals surface area contributed by atoms with Gasteiger partial charge < -0.3 is 4.74 Å². The van der Waals surface area contributed by atoms with Gasteiger partial charge in [-0.3, -0.25) is 0 Å². The summed E-state index contributed by atoms with van der Waals surface area (Å²) in [5.41, 5.74) is 7.95. The van der Waals surface area contributed by atoms with Crippen LogP contribution in [0.5, 0.6) is 0 Å². The monoisotopic (exact) mass is 380 g/mol. The molecule has 0 bridgehead atoms. The van der Waals surface area contributed by atoms with E-state index in [1.54, 1.807) is 6.08 Å². The van der Waals surface area contributed by atoms with Crippen molar-refractivity contribution in [1.82, 2.24) is 0 Å². The Kier molecular flexibility index (Phi) is 6.75. The van der Waals surface area contributed by atoms with Crippen LogP contribution in [0.1, 0.15) is 84.9 Å². The summed E-state index contributed by atoms with van der Waals surface area (Å²) >= 11 is 0. The maximum atomic E-state index is 11.7. The molecule has 1 aliphatic carbocycles. The quantitative estimate of drug-likeness (QED) is 0.316. The van der Waals surface area contributed by atoms with E-state index in [1.807, 2.05) is 19.9 Å². The Morgan fingerprint density at radius 1 is 1.00 bits per heavy atom. The predicted octanol–water partition coefficient (Wildman–Crippen LogP) is 6.89. The Morgan fingerprint density at radius 2 is 1.61 bits per heavy atom. The van der Waals surface area contributed by atoms with Gasteiger partial charge in [0.15, 0.2) is 0 Å². The normalized spacial score (nSPS) is 17.9. The molecule has 2 heteroatoms. The largest absolute Gasteiger partial charge is 0.463 e. The van der Waals surface area contributed by atoms with Crippen molar-refractivity contribution in [2.45, 2.75) is 79.1 Å². The number of hydrogen-bond donors (Lipinski definition) is 0. The SMILES string of the molecule is CCOC(=O)/C=C(C)/C=C/C(=C(C)C)c1ccc2c(c1)C(C)(C)CCC2(C)C. The van der Waals surface area contributed by atoms with Crippen LogP contribution >= 0.6 is 0 Å². The summed E-state index contributed by atoms with van der Waals surface area (Å²) in [5.74, 6) is -0.291. The third-order valence-electron chi connectivity index (χ3n) is 5.85. The minimum Gasteiger partial charge on any atom is -0.463 e. The highest BCUT2D eigenvalue weighted by Crippen LogP contribution is 2.46. The molecule has 0 saturated heterocycles. The number of hydrogen-bond acceptors (Lipinski definition) is 2. The van der Waals surface area contributed by atoms with Crippen LogP contribution in [0, 0.1) is 0 Å². The van der Waals surface area contributed by atoms with Gasteiger partial charge in [-0.1, -0.05) is 63.6 Å². The zero-order chi connectivity index (χ0) is 21.1. The van der Waals surface area contributed by atoms with Gasteiger partial charge in [-0.15, -0.1) is 0 Å². The second-order valence-electron chi connectivity index (χ2n) is 9.42. The van der Waals surface area contributed by atoms with Crippen molar-refractivity contribution in [2.24, 2.45) is 0 Å². The van der Waals surface area contributed by atoms with Crippen molar-refractivity contribution in [3.63, 3.8) is 0 Å². The molecule has 1 aromatic rings. The molecule has 1 aliphatic rings. The van der Waals surface area contributed by atoms with Crippen molar-refractivity contribution in [3.8, 4) is 0 Å². The fraction of sp³-hybridized carbons (Fsp3) is 0.500. The molecular weight excluding hydrogens is 344 g/mol. The molecule has 0 N–H and O–H groups in total. The number of allylic oxidation sites excluding steroid dienone is 5. The van der Waals surface area contributed by atoms with Crippen LogP contribution < -0.4 is 0 Å². The van der Waals surface area contributed by atoms with E-state index in [0.29, 0.717) is 6.61 Å². The Morgan fingerprint density at radius 3 is 2.18 bits per heavy atom. The first-order valence-corrected chi connectivity index (χ1v) is 10.3. The lowest BCUT2D eigenvalue weighted by Crippen LogP contribution is -2.33. The Hall–Kier alpha value is -2.09. The zero-order valence-corrected chi connectivity index (χ0v) is 18.9. The second-order valence-corrected chi connectivity index (χ2v) is 9.42. The van der Waals surface area contributed by atoms with Crippen LogP contribution in [0.4, 0.5) is 0 Å². The third kappa shape index (κ3) is 5.04. The molecule has 1 aromatic carbocycles. The molecule has 152 valence electrons. The number of carbonyl (C=O) groups is 1. The molecule has 0 heterocycles. The smallest absolute Gasteiger partial charge is 0.330 e. The molecule has 0 saturated carbocycles. The number of benzene rings is 1. The van der Waals surface area contributed by atoms with E-state index < -0.39 is 0 Å². The molecule has 28 heavy (non-hydrogen) atoms. The van der Waals surface area contributed by atoms with E-state index in [1.165, 1.54) is 40.7 Å². The predicted molar refractivity (Wildman–Crippen MR) is 120 cm³/mol. The first-order chi connectivity index (χ1) is 13.0. The lowest BCUT2D eigenvalue weighted by molar-refractivity contribution is -0.137. The molecule has 0 aromatic heterocycles. The third-order valence-corrected chi connectivity index (χ3v) is 5.85. The van der Waals surface area contributed by atoms with E-state index in [2.05, 4.69) is 65.8 Å². The molecule has 0 amide bonds. The second kappa shape index (κ2) is 8.51. The lowest BCUT2D eigenvalue weighted by atomic mass is 9.63. The topological polar surface area (TPSA) is 26.3 Å². The van der Waals surface area contributed by atoms with Gasteiger partial charge in [-0.05, 0) is 79.2 Å². The van der Waals surface area contributed by atoms with Gasteiger partial charge in [0.25, 0.3) is 0 Å². The van der Waals surface area contributed by atoms with Crippen LogP contribution in [0.25, 0.3) is 5.57 Å². The molecule has 0 radical (unpaired) electrons. The van der Waals surface area contributed by atoms with Crippen LogP contribution in [0.3, 0.4) is 0 Å². The standard InChI is InChI=1S/C26H36O2/c1-9-28-24(27)16-19(4)10-12-21(18(2)3)20-11-13-22-23(17-20)26(7,8)15-14-25(22,5)6/h10-13,16-17H,9,14-15H2,1-8H3/b12-10+,19-16+. The van der Waals surface area contributed by atoms with Crippen LogP contribution in [0.15, 0.2) is 47.6 Å². The van der Waals surface area contributed by atoms with Crippen molar-refractivity contribution in [1.29, 1.82) is 0 Å². The van der Waals surface area contributed by atoms with Gasteiger partial charge in [-0.2, -0.15) is 0 Å². The Balaban J connectivity index is 2.43. The zero-order valence-electron chi connectivity index (χ0n) is 18.9. The van der Waals surface area contributed by atoms with Crippen LogP contribution in [0.2, 0.25) is 0 Å². The molecule has 2 rings (SSSR count). The summed E-state index contributed by atoms with van der Waals surface area (Å²) in [7, 11) is 0. The molecule has 0 fully saturated rings. The van der Waals surface area contributed by atoms with Gasteiger partial charge in [0.1, 0.15) is 0 Å². The van der Waals surface area contributed by atoms with Crippen molar-refractivity contribution < 1.29 is 9.53 Å². The Labute approximate surface area is 171 Å². The van der Waals surface area contributed by atoms with Gasteiger partial charge in [0.2, 0.25) is 0 Å². The van der Waals surface area contributed by atoms with Gasteiger partial charge in [-0.25, -0.2) is 4.79 Å². The van der Waals surface area contributed by atoms with E-state index in [9.17, 15) is 4.79 Å². The van der Waals surface area contributed by atoms with E-state index in [0.717, 1.165) is 5.57 Å². The highest BCUT2D eigenvalue weighted by atomic mass is 16.5. The van der Waals surface area contributed by atoms with Gasteiger partial charge in [0.05, 0.1) is 6.61 Å². The first kappa shape index (κ1) is 22.2. The number of ether oxygens (including phenoxy) is 1. The van der Waals surface area contributed by atoms with E-state index in [4.69, 9.17) is 4.74 Å². The average molecular weight is 381 g/mol. The van der Waals surface area contributed by atoms with Crippen LogP contribution in [-0.4, -0.2) is 12.6 Å². The van der Waals surface area contributed by atoms with E-state index >= 15 is 0 Å². The molecule has 0 aliphatic heterocycles. The summed E-state index contributed by atoms with van der Waals surface area (Å²) in [4.78, 5) is 11.7. The highest BCUT2D eigenvalue weighted by molar-refractivity contribution is 5.84. The lowest BCUT2D eigenvalue weighted by Gasteiger charge is -2.42. The van der Waals surface area contributed by atoms with Gasteiger partial charge >= 0.3 is 5.97 Å². The van der Waals surface area contributed by atoms with Crippen molar-refractivity contribution >= 4 is 11.5 Å². The Bertz CT molecular complexity index is 828. The number of carbonyl (C=O) groups excluding carboxylic acids is 1. The molecular formula is C26H36O2. The van der Waals surface area contributed by atoms with Gasteiger partial charge in [0, 0.05) is 6.08 Å². The summed E-state index contributed by atoms with van der Waals surface area (Å²) < 4.78 is 4.99. The molecule has 0 unspecified atom stereocenters. The summed E-state index contributed by atoms with van der Waals surface area (Å²) in [6, 6.07) is 6.95. The molecule has 0 atom stereocenters. The van der Waals surface area contributed by atoms with E-state index in [-0.39, 0.29) is 16.8 Å². The summed E-state index contributed by atoms with van der Waals surface area (Å²) in [5, 5.41) is 0. The number of rotatable bonds is 5. The molecule has 2 nitrogen and oxygen atoms in total. The van der Waals surface area contributed by atoms with Crippen molar-refractivity contribution in [3.05, 3.63) is 64.3 Å². The minimum absolute atomic E-state index is 0.192. The molecule has 0 spiro atoms. The highest BCUT2D eigenvalue weighted by Gasteiger charge is 2.36. The number of esters is 1. The maximum absolute atomic E-state index is 11.7. The summed E-state index contributed by atoms with van der Waals surface area (Å²) in [6.45, 7) is 17.8. The maximum Gasteiger partial charge on any atom is 0.330 e. The first-order valence-electron chi connectivity index (χ1n) is 10.3. The fourth-order valence-electron chi connectivity index (χ4n) is 3.94. The summed E-state index contributed by atoms with van der Waals surface area (Å²) in [6.07, 6.45) is 8.08. The van der Waals surface area contributed by atoms with Crippen LogP contribution in [-0.2, 0) is 20.4 Å². The number of fused-ring (bicyclic) bond motifs is 1. The average Bonchev–Trinajstić information content (AvgIpc) is 2.59. The van der Waals surface area contributed by atoms with Crippen molar-refractivity contribution in [2.75, 3.05) is 6.61 Å².